The molecular weight excluding hydrogens is 430 g/mol. The van der Waals surface area contributed by atoms with Crippen LogP contribution in [-0.2, 0) is 6.42 Å². The van der Waals surface area contributed by atoms with Crippen molar-refractivity contribution in [2.45, 2.75) is 13.3 Å². The highest BCUT2D eigenvalue weighted by molar-refractivity contribution is 7.22. The number of aryl methyl sites for hydroxylation is 1. The Kier molecular flexibility index (Phi) is 6.01. The third-order valence-electron chi connectivity index (χ3n) is 6.20. The van der Waals surface area contributed by atoms with Gasteiger partial charge in [0.2, 0.25) is 0 Å². The molecule has 3 aromatic carbocycles. The average molecular weight is 458 g/mol. The van der Waals surface area contributed by atoms with Crippen molar-refractivity contribution >= 4 is 32.6 Å². The van der Waals surface area contributed by atoms with Gasteiger partial charge >= 0.3 is 0 Å². The van der Waals surface area contributed by atoms with Gasteiger partial charge in [-0.25, -0.2) is 4.98 Å². The summed E-state index contributed by atoms with van der Waals surface area (Å²) < 4.78 is 6.66. The molecule has 1 aliphatic rings. The number of aromatic nitrogens is 1. The van der Waals surface area contributed by atoms with Crippen LogP contribution in [-0.4, -0.2) is 49.1 Å². The number of thiazole rings is 1. The molecule has 1 saturated heterocycles. The van der Waals surface area contributed by atoms with E-state index in [0.29, 0.717) is 13.1 Å². The second-order valence-electron chi connectivity index (χ2n) is 8.40. The van der Waals surface area contributed by atoms with Gasteiger partial charge in [-0.05, 0) is 48.2 Å². The molecule has 5 rings (SSSR count). The number of hydrogen-bond acceptors (Lipinski definition) is 5. The number of nitrogens with zero attached hydrogens (tertiary/aromatic N) is 3. The zero-order chi connectivity index (χ0) is 22.8. The van der Waals surface area contributed by atoms with E-state index in [2.05, 4.69) is 54.3 Å². The molecule has 0 spiro atoms. The largest absolute Gasteiger partial charge is 0.494 e. The highest BCUT2D eigenvalue weighted by Crippen LogP contribution is 2.36. The van der Waals surface area contributed by atoms with Crippen LogP contribution in [0.25, 0.3) is 10.2 Å². The molecule has 0 bridgehead atoms. The Morgan fingerprint density at radius 3 is 2.33 bits per heavy atom. The summed E-state index contributed by atoms with van der Waals surface area (Å²) in [5, 5.41) is 0.995. The first-order valence-corrected chi connectivity index (χ1v) is 12.1. The van der Waals surface area contributed by atoms with Crippen molar-refractivity contribution < 1.29 is 9.53 Å². The SMILES string of the molecule is COc1ccc(C)c2sc(N3CCN(C(=O)c4ccc(Cc5ccccc5)cc4)CC3)nc12. The lowest BCUT2D eigenvalue weighted by Gasteiger charge is -2.34. The minimum Gasteiger partial charge on any atom is -0.494 e. The van der Waals surface area contributed by atoms with E-state index in [4.69, 9.17) is 9.72 Å². The molecule has 2 heterocycles. The number of fused-ring (bicyclic) bond motifs is 1. The Labute approximate surface area is 198 Å². The summed E-state index contributed by atoms with van der Waals surface area (Å²) in [6.45, 7) is 5.04. The summed E-state index contributed by atoms with van der Waals surface area (Å²) in [5.41, 5.74) is 5.37. The molecular formula is C27H27N3O2S. The lowest BCUT2D eigenvalue weighted by atomic mass is 10.0. The molecule has 1 aliphatic heterocycles. The third kappa shape index (κ3) is 4.44. The minimum absolute atomic E-state index is 0.0997. The molecule has 1 amide bonds. The van der Waals surface area contributed by atoms with Crippen LogP contribution in [0.3, 0.4) is 0 Å². The normalized spacial score (nSPS) is 14.0. The molecule has 0 aliphatic carbocycles. The predicted octanol–water partition coefficient (Wildman–Crippen LogP) is 5.17. The first kappa shape index (κ1) is 21.5. The standard InChI is InChI=1S/C27H27N3O2S/c1-19-8-13-23(32-2)24-25(19)33-27(28-24)30-16-14-29(15-17-30)26(31)22-11-9-21(10-12-22)18-20-6-4-3-5-7-20/h3-13H,14-18H2,1-2H3. The molecule has 33 heavy (non-hydrogen) atoms. The number of carbonyl (C=O) groups excluding carboxylic acids is 1. The summed E-state index contributed by atoms with van der Waals surface area (Å²) in [7, 11) is 1.68. The van der Waals surface area contributed by atoms with E-state index in [0.717, 1.165) is 41.5 Å². The molecule has 0 saturated carbocycles. The van der Waals surface area contributed by atoms with Crippen molar-refractivity contribution in [3.8, 4) is 5.75 Å². The van der Waals surface area contributed by atoms with Crippen molar-refractivity contribution in [3.63, 3.8) is 0 Å². The Bertz CT molecular complexity index is 1260. The zero-order valence-electron chi connectivity index (χ0n) is 19.0. The van der Waals surface area contributed by atoms with E-state index < -0.39 is 0 Å². The quantitative estimate of drug-likeness (QED) is 0.415. The maximum Gasteiger partial charge on any atom is 0.253 e. The van der Waals surface area contributed by atoms with Gasteiger partial charge < -0.3 is 14.5 Å². The number of methoxy groups -OCH3 is 1. The number of amides is 1. The number of benzene rings is 3. The van der Waals surface area contributed by atoms with Crippen LogP contribution in [0.5, 0.6) is 5.75 Å². The second kappa shape index (κ2) is 9.24. The van der Waals surface area contributed by atoms with Crippen LogP contribution in [0.4, 0.5) is 5.13 Å². The number of piperazine rings is 1. The summed E-state index contributed by atoms with van der Waals surface area (Å²) in [4.78, 5) is 22.1. The fourth-order valence-electron chi connectivity index (χ4n) is 4.28. The zero-order valence-corrected chi connectivity index (χ0v) is 19.8. The fraction of sp³-hybridized carbons (Fsp3) is 0.259. The van der Waals surface area contributed by atoms with E-state index in [9.17, 15) is 4.79 Å². The molecule has 0 unspecified atom stereocenters. The minimum atomic E-state index is 0.0997. The van der Waals surface area contributed by atoms with Crippen LogP contribution < -0.4 is 9.64 Å². The van der Waals surface area contributed by atoms with Gasteiger partial charge in [-0.1, -0.05) is 59.9 Å². The van der Waals surface area contributed by atoms with Crippen molar-refractivity contribution in [2.75, 3.05) is 38.2 Å². The first-order valence-electron chi connectivity index (χ1n) is 11.2. The van der Waals surface area contributed by atoms with E-state index in [1.807, 2.05) is 29.2 Å². The lowest BCUT2D eigenvalue weighted by molar-refractivity contribution is 0.0747. The molecule has 6 heteroatoms. The van der Waals surface area contributed by atoms with Gasteiger partial charge in [0.1, 0.15) is 11.3 Å². The maximum absolute atomic E-state index is 13.1. The van der Waals surface area contributed by atoms with Crippen LogP contribution in [0.15, 0.2) is 66.7 Å². The second-order valence-corrected chi connectivity index (χ2v) is 9.37. The van der Waals surface area contributed by atoms with Crippen LogP contribution >= 0.6 is 11.3 Å². The number of ether oxygens (including phenoxy) is 1. The lowest BCUT2D eigenvalue weighted by Crippen LogP contribution is -2.48. The van der Waals surface area contributed by atoms with E-state index in [1.54, 1.807) is 18.4 Å². The van der Waals surface area contributed by atoms with Gasteiger partial charge in [0.15, 0.2) is 5.13 Å². The van der Waals surface area contributed by atoms with Crippen molar-refractivity contribution in [1.29, 1.82) is 0 Å². The predicted molar refractivity (Wildman–Crippen MR) is 135 cm³/mol. The van der Waals surface area contributed by atoms with Gasteiger partial charge in [-0.3, -0.25) is 4.79 Å². The summed E-state index contributed by atoms with van der Waals surface area (Å²) in [6.07, 6.45) is 0.875. The monoisotopic (exact) mass is 457 g/mol. The van der Waals surface area contributed by atoms with Gasteiger partial charge in [-0.15, -0.1) is 0 Å². The van der Waals surface area contributed by atoms with Gasteiger partial charge in [0, 0.05) is 31.7 Å². The Balaban J connectivity index is 1.23. The number of rotatable bonds is 5. The highest BCUT2D eigenvalue weighted by atomic mass is 32.1. The number of hydrogen-bond donors (Lipinski definition) is 0. The Morgan fingerprint density at radius 2 is 1.64 bits per heavy atom. The van der Waals surface area contributed by atoms with Crippen molar-refractivity contribution in [1.82, 2.24) is 9.88 Å². The van der Waals surface area contributed by atoms with E-state index in [-0.39, 0.29) is 5.91 Å². The van der Waals surface area contributed by atoms with E-state index >= 15 is 0 Å². The number of carbonyl (C=O) groups is 1. The average Bonchev–Trinajstić information content (AvgIpc) is 3.32. The van der Waals surface area contributed by atoms with Gasteiger partial charge in [0.05, 0.1) is 11.8 Å². The third-order valence-corrected chi connectivity index (χ3v) is 7.45. The maximum atomic E-state index is 13.1. The summed E-state index contributed by atoms with van der Waals surface area (Å²) in [6, 6.07) is 22.5. The Hall–Kier alpha value is -3.38. The number of anilines is 1. The summed E-state index contributed by atoms with van der Waals surface area (Å²) >= 11 is 1.70. The van der Waals surface area contributed by atoms with Gasteiger partial charge in [0.25, 0.3) is 5.91 Å². The van der Waals surface area contributed by atoms with Crippen molar-refractivity contribution in [3.05, 3.63) is 89.0 Å². The molecule has 4 aromatic rings. The topological polar surface area (TPSA) is 45.7 Å². The van der Waals surface area contributed by atoms with Crippen molar-refractivity contribution in [2.24, 2.45) is 0 Å². The summed E-state index contributed by atoms with van der Waals surface area (Å²) in [5.74, 6) is 0.908. The fourth-order valence-corrected chi connectivity index (χ4v) is 5.38. The van der Waals surface area contributed by atoms with Crippen LogP contribution in [0.2, 0.25) is 0 Å². The van der Waals surface area contributed by atoms with Crippen LogP contribution in [0.1, 0.15) is 27.0 Å². The smallest absolute Gasteiger partial charge is 0.253 e. The molecule has 0 N–H and O–H groups in total. The molecule has 1 aromatic heterocycles. The molecule has 1 fully saturated rings. The van der Waals surface area contributed by atoms with Gasteiger partial charge in [-0.2, -0.15) is 0 Å². The molecule has 168 valence electrons. The molecule has 5 nitrogen and oxygen atoms in total. The first-order chi connectivity index (χ1) is 16.1. The van der Waals surface area contributed by atoms with E-state index in [1.165, 1.54) is 21.4 Å². The molecule has 0 atom stereocenters. The highest BCUT2D eigenvalue weighted by Gasteiger charge is 2.24. The Morgan fingerprint density at radius 1 is 0.939 bits per heavy atom. The molecule has 0 radical (unpaired) electrons. The van der Waals surface area contributed by atoms with Crippen LogP contribution in [0, 0.1) is 6.92 Å².